The van der Waals surface area contributed by atoms with Gasteiger partial charge in [0.25, 0.3) is 10.1 Å². The van der Waals surface area contributed by atoms with Gasteiger partial charge in [-0.2, -0.15) is 8.42 Å². The Hall–Kier alpha value is -0.375. The van der Waals surface area contributed by atoms with Gasteiger partial charge in [0.05, 0.1) is 11.5 Å². The minimum absolute atomic E-state index is 0. The van der Waals surface area contributed by atoms with Crippen LogP contribution in [0.2, 0.25) is 0 Å². The fraction of sp³-hybridized carbons (Fsp3) is 0.571. The SMILES string of the molecule is Cc1ccc(S(=O)(=O)OCC[P@](C)C(C)(C)C)cc1.[B]. The van der Waals surface area contributed by atoms with Crippen molar-refractivity contribution in [3.8, 4) is 0 Å². The zero-order valence-electron chi connectivity index (χ0n) is 12.9. The lowest BCUT2D eigenvalue weighted by atomic mass is 10.2. The van der Waals surface area contributed by atoms with Crippen LogP contribution >= 0.6 is 7.92 Å². The van der Waals surface area contributed by atoms with Gasteiger partial charge in [0.15, 0.2) is 0 Å². The van der Waals surface area contributed by atoms with E-state index in [-0.39, 0.29) is 33.0 Å². The van der Waals surface area contributed by atoms with E-state index in [1.54, 1.807) is 24.3 Å². The molecule has 1 aromatic carbocycles. The third-order valence-electron chi connectivity index (χ3n) is 3.12. The maximum atomic E-state index is 12.0. The quantitative estimate of drug-likeness (QED) is 0.476. The summed E-state index contributed by atoms with van der Waals surface area (Å²) in [7, 11) is -3.85. The number of hydrogen-bond acceptors (Lipinski definition) is 3. The Morgan fingerprint density at radius 3 is 2.10 bits per heavy atom. The van der Waals surface area contributed by atoms with Crippen molar-refractivity contribution in [2.75, 3.05) is 19.4 Å². The Kier molecular flexibility index (Phi) is 7.44. The lowest BCUT2D eigenvalue weighted by Gasteiger charge is -2.27. The van der Waals surface area contributed by atoms with E-state index in [1.807, 2.05) is 6.92 Å². The van der Waals surface area contributed by atoms with Crippen molar-refractivity contribution in [1.29, 1.82) is 0 Å². The maximum Gasteiger partial charge on any atom is 0.296 e. The zero-order valence-corrected chi connectivity index (χ0v) is 14.6. The molecule has 3 radical (unpaired) electrons. The molecule has 0 aliphatic rings. The highest BCUT2D eigenvalue weighted by atomic mass is 32.2. The second-order valence-corrected chi connectivity index (χ2v) is 10.5. The van der Waals surface area contributed by atoms with Crippen molar-refractivity contribution in [2.45, 2.75) is 37.7 Å². The van der Waals surface area contributed by atoms with E-state index >= 15 is 0 Å². The molecule has 3 nitrogen and oxygen atoms in total. The molecule has 0 heterocycles. The second-order valence-electron chi connectivity index (χ2n) is 5.68. The lowest BCUT2D eigenvalue weighted by molar-refractivity contribution is 0.340. The van der Waals surface area contributed by atoms with E-state index in [2.05, 4.69) is 27.4 Å². The Morgan fingerprint density at radius 1 is 1.15 bits per heavy atom. The monoisotopic (exact) mass is 313 g/mol. The highest BCUT2D eigenvalue weighted by Gasteiger charge is 2.21. The predicted molar refractivity (Wildman–Crippen MR) is 87.5 cm³/mol. The van der Waals surface area contributed by atoms with Gasteiger partial charge >= 0.3 is 0 Å². The molecule has 0 aliphatic carbocycles. The molecule has 1 rings (SSSR count). The summed E-state index contributed by atoms with van der Waals surface area (Å²) >= 11 is 0. The van der Waals surface area contributed by atoms with Gasteiger partial charge in [-0.15, -0.1) is 7.92 Å². The summed E-state index contributed by atoms with van der Waals surface area (Å²) in [4.78, 5) is 0.231. The highest BCUT2D eigenvalue weighted by molar-refractivity contribution is 7.86. The molecule has 0 spiro atoms. The topological polar surface area (TPSA) is 43.4 Å². The molecule has 0 aromatic heterocycles. The molecule has 6 heteroatoms. The van der Waals surface area contributed by atoms with Gasteiger partial charge < -0.3 is 0 Å². The van der Waals surface area contributed by atoms with E-state index in [1.165, 1.54) is 0 Å². The summed E-state index contributed by atoms with van der Waals surface area (Å²) in [6, 6.07) is 6.72. The van der Waals surface area contributed by atoms with Crippen molar-refractivity contribution in [3.63, 3.8) is 0 Å². The molecule has 1 atom stereocenters. The number of hydrogen-bond donors (Lipinski definition) is 0. The predicted octanol–water partition coefficient (Wildman–Crippen LogP) is 3.23. The molecule has 0 aliphatic heterocycles. The first-order valence-corrected chi connectivity index (χ1v) is 9.68. The fourth-order valence-corrected chi connectivity index (χ4v) is 3.46. The normalized spacial score (nSPS) is 13.7. The van der Waals surface area contributed by atoms with Crippen LogP contribution in [0.5, 0.6) is 0 Å². The van der Waals surface area contributed by atoms with E-state index in [4.69, 9.17) is 4.18 Å². The first-order chi connectivity index (χ1) is 8.63. The summed E-state index contributed by atoms with van der Waals surface area (Å²) in [5.74, 6) is 0. The average molecular weight is 313 g/mol. The van der Waals surface area contributed by atoms with E-state index in [9.17, 15) is 8.42 Å². The van der Waals surface area contributed by atoms with Crippen LogP contribution in [0.4, 0.5) is 0 Å². The van der Waals surface area contributed by atoms with Crippen LogP contribution in [-0.2, 0) is 14.3 Å². The summed E-state index contributed by atoms with van der Waals surface area (Å²) in [5, 5.41) is 0.228. The Labute approximate surface area is 126 Å². The fourth-order valence-electron chi connectivity index (χ4n) is 1.39. The molecule has 0 fully saturated rings. The molecular formula is C14H23BO3PS. The Bertz CT molecular complexity index is 506. The molecule has 0 unspecified atom stereocenters. The van der Waals surface area contributed by atoms with Crippen molar-refractivity contribution in [3.05, 3.63) is 29.8 Å². The maximum absolute atomic E-state index is 12.0. The molecule has 0 bridgehead atoms. The Balaban J connectivity index is 0.00000361. The van der Waals surface area contributed by atoms with Crippen molar-refractivity contribution >= 4 is 26.5 Å². The highest BCUT2D eigenvalue weighted by Crippen LogP contribution is 2.45. The largest absolute Gasteiger partial charge is 0.296 e. The molecule has 0 saturated heterocycles. The summed E-state index contributed by atoms with van der Waals surface area (Å²) in [6.07, 6.45) is 0.796. The molecule has 111 valence electrons. The molecular weight excluding hydrogens is 290 g/mol. The lowest BCUT2D eigenvalue weighted by Crippen LogP contribution is -2.16. The first-order valence-electron chi connectivity index (χ1n) is 6.30. The van der Waals surface area contributed by atoms with Gasteiger partial charge in [-0.1, -0.05) is 38.5 Å². The first kappa shape index (κ1) is 19.6. The van der Waals surface area contributed by atoms with Crippen LogP contribution in [0.1, 0.15) is 26.3 Å². The smallest absolute Gasteiger partial charge is 0.266 e. The second kappa shape index (κ2) is 7.58. The standard InChI is InChI=1S/C14H23O3PS.B/c1-12-6-8-13(9-7-12)19(15,16)17-10-11-18(5)14(2,3)4;/h6-9H,10-11H2,1-5H3;/t18-;/m0./s1. The minimum Gasteiger partial charge on any atom is -0.266 e. The van der Waals surface area contributed by atoms with Crippen molar-refractivity contribution < 1.29 is 12.6 Å². The summed E-state index contributed by atoms with van der Waals surface area (Å²) < 4.78 is 29.0. The molecule has 0 amide bonds. The number of aryl methyl sites for hydroxylation is 1. The van der Waals surface area contributed by atoms with Gasteiger partial charge in [0.2, 0.25) is 0 Å². The van der Waals surface area contributed by atoms with Crippen LogP contribution < -0.4 is 0 Å². The van der Waals surface area contributed by atoms with Crippen LogP contribution in [0.15, 0.2) is 29.2 Å². The van der Waals surface area contributed by atoms with Crippen LogP contribution in [0.3, 0.4) is 0 Å². The summed E-state index contributed by atoms with van der Waals surface area (Å²) in [6.45, 7) is 10.9. The van der Waals surface area contributed by atoms with Gasteiger partial charge in [0, 0.05) is 8.41 Å². The van der Waals surface area contributed by atoms with Crippen LogP contribution in [0, 0.1) is 6.92 Å². The van der Waals surface area contributed by atoms with Crippen molar-refractivity contribution in [2.24, 2.45) is 0 Å². The molecule has 1 aromatic rings. The van der Waals surface area contributed by atoms with Crippen molar-refractivity contribution in [1.82, 2.24) is 0 Å². The van der Waals surface area contributed by atoms with E-state index in [0.717, 1.165) is 11.7 Å². The minimum atomic E-state index is -3.61. The van der Waals surface area contributed by atoms with Gasteiger partial charge in [0.1, 0.15) is 0 Å². The van der Waals surface area contributed by atoms with E-state index in [0.29, 0.717) is 0 Å². The average Bonchev–Trinajstić information content (AvgIpc) is 2.28. The Morgan fingerprint density at radius 2 is 1.65 bits per heavy atom. The number of rotatable bonds is 5. The summed E-state index contributed by atoms with van der Waals surface area (Å²) in [5.41, 5.74) is 1.03. The molecule has 0 saturated carbocycles. The van der Waals surface area contributed by atoms with Crippen LogP contribution in [0.25, 0.3) is 0 Å². The third-order valence-corrected chi connectivity index (χ3v) is 7.59. The van der Waals surface area contributed by atoms with Gasteiger partial charge in [-0.05, 0) is 37.0 Å². The molecule has 0 N–H and O–H groups in total. The van der Waals surface area contributed by atoms with E-state index < -0.39 is 10.1 Å². The molecule has 20 heavy (non-hydrogen) atoms. The number of benzene rings is 1. The van der Waals surface area contributed by atoms with Gasteiger partial charge in [-0.25, -0.2) is 0 Å². The third kappa shape index (κ3) is 5.95. The van der Waals surface area contributed by atoms with Crippen LogP contribution in [-0.4, -0.2) is 41.4 Å². The van der Waals surface area contributed by atoms with Gasteiger partial charge in [-0.3, -0.25) is 4.18 Å². The zero-order chi connectivity index (χ0) is 14.7.